The third-order valence-corrected chi connectivity index (χ3v) is 2.79. The van der Waals surface area contributed by atoms with Crippen LogP contribution in [0.5, 0.6) is 0 Å². The third-order valence-electron chi connectivity index (χ3n) is 2.79. The van der Waals surface area contributed by atoms with Crippen LogP contribution >= 0.6 is 0 Å². The van der Waals surface area contributed by atoms with Gasteiger partial charge < -0.3 is 0 Å². The number of aryl methyl sites for hydroxylation is 2. The first kappa shape index (κ1) is 12.0. The van der Waals surface area contributed by atoms with Gasteiger partial charge in [0.05, 0.1) is 16.8 Å². The second-order valence-electron chi connectivity index (χ2n) is 3.85. The number of halogens is 3. The third kappa shape index (κ3) is 2.01. The molecule has 2 rings (SSSR count). The molecule has 0 bridgehead atoms. The maximum atomic E-state index is 12.6. The molecular weight excluding hydrogens is 229 g/mol. The van der Waals surface area contributed by atoms with Crippen LogP contribution in [0.3, 0.4) is 0 Å². The molecular formula is C12H13F3N2. The minimum atomic E-state index is -4.30. The SMILES string of the molecule is CCc1nn(CC)c2ccc(C(F)(F)F)cc12. The van der Waals surface area contributed by atoms with Gasteiger partial charge in [0.15, 0.2) is 0 Å². The fraction of sp³-hybridized carbons (Fsp3) is 0.417. The lowest BCUT2D eigenvalue weighted by Gasteiger charge is -2.06. The van der Waals surface area contributed by atoms with E-state index >= 15 is 0 Å². The monoisotopic (exact) mass is 242 g/mol. The number of alkyl halides is 3. The predicted octanol–water partition coefficient (Wildman–Crippen LogP) is 3.64. The Morgan fingerprint density at radius 1 is 1.24 bits per heavy atom. The maximum absolute atomic E-state index is 12.6. The Kier molecular flexibility index (Phi) is 2.85. The first-order valence-electron chi connectivity index (χ1n) is 5.54. The Labute approximate surface area is 97.0 Å². The number of fused-ring (bicyclic) bond motifs is 1. The smallest absolute Gasteiger partial charge is 0.265 e. The standard InChI is InChI=1S/C12H13F3N2/c1-3-10-9-7-8(12(13,14)15)5-6-11(9)17(4-2)16-10/h5-7H,3-4H2,1-2H3. The number of benzene rings is 1. The summed E-state index contributed by atoms with van der Waals surface area (Å²) in [7, 11) is 0. The lowest BCUT2D eigenvalue weighted by atomic mass is 10.1. The van der Waals surface area contributed by atoms with E-state index in [1.165, 1.54) is 12.1 Å². The first-order valence-corrected chi connectivity index (χ1v) is 5.54. The molecule has 2 nitrogen and oxygen atoms in total. The van der Waals surface area contributed by atoms with Gasteiger partial charge in [0.1, 0.15) is 0 Å². The summed E-state index contributed by atoms with van der Waals surface area (Å²) < 4.78 is 39.6. The largest absolute Gasteiger partial charge is 0.416 e. The van der Waals surface area contributed by atoms with E-state index < -0.39 is 11.7 Å². The highest BCUT2D eigenvalue weighted by Crippen LogP contribution is 2.32. The summed E-state index contributed by atoms with van der Waals surface area (Å²) in [5, 5.41) is 4.90. The molecule has 0 N–H and O–H groups in total. The lowest BCUT2D eigenvalue weighted by Crippen LogP contribution is -2.04. The number of hydrogen-bond acceptors (Lipinski definition) is 1. The van der Waals surface area contributed by atoms with Crippen molar-refractivity contribution < 1.29 is 13.2 Å². The Bertz CT molecular complexity index is 540. The van der Waals surface area contributed by atoms with Crippen molar-refractivity contribution in [3.63, 3.8) is 0 Å². The molecule has 2 aromatic rings. The summed E-state index contributed by atoms with van der Waals surface area (Å²) in [5.74, 6) is 0. The summed E-state index contributed by atoms with van der Waals surface area (Å²) in [6, 6.07) is 3.79. The number of hydrogen-bond donors (Lipinski definition) is 0. The van der Waals surface area contributed by atoms with E-state index in [2.05, 4.69) is 5.10 Å². The van der Waals surface area contributed by atoms with Crippen molar-refractivity contribution in [1.29, 1.82) is 0 Å². The molecule has 0 saturated heterocycles. The van der Waals surface area contributed by atoms with E-state index in [0.29, 0.717) is 24.0 Å². The van der Waals surface area contributed by atoms with Crippen molar-refractivity contribution in [3.05, 3.63) is 29.5 Å². The summed E-state index contributed by atoms with van der Waals surface area (Å²) in [6.07, 6.45) is -3.67. The topological polar surface area (TPSA) is 17.8 Å². The van der Waals surface area contributed by atoms with Gasteiger partial charge in [-0.2, -0.15) is 18.3 Å². The van der Waals surface area contributed by atoms with E-state index in [9.17, 15) is 13.2 Å². The molecule has 0 fully saturated rings. The van der Waals surface area contributed by atoms with Gasteiger partial charge in [0, 0.05) is 11.9 Å². The molecule has 5 heteroatoms. The molecule has 0 spiro atoms. The highest BCUT2D eigenvalue weighted by molar-refractivity contribution is 5.83. The predicted molar refractivity (Wildman–Crippen MR) is 59.8 cm³/mol. The van der Waals surface area contributed by atoms with Gasteiger partial charge in [-0.25, -0.2) is 0 Å². The quantitative estimate of drug-likeness (QED) is 0.786. The van der Waals surface area contributed by atoms with Gasteiger partial charge in [-0.15, -0.1) is 0 Å². The van der Waals surface area contributed by atoms with Crippen molar-refractivity contribution >= 4 is 10.9 Å². The zero-order chi connectivity index (χ0) is 12.6. The molecule has 0 atom stereocenters. The molecule has 92 valence electrons. The van der Waals surface area contributed by atoms with Crippen LogP contribution < -0.4 is 0 Å². The Balaban J connectivity index is 2.68. The van der Waals surface area contributed by atoms with E-state index in [0.717, 1.165) is 11.6 Å². The van der Waals surface area contributed by atoms with E-state index in [-0.39, 0.29) is 0 Å². The van der Waals surface area contributed by atoms with Crippen LogP contribution in [0.15, 0.2) is 18.2 Å². The first-order chi connectivity index (χ1) is 7.97. The second-order valence-corrected chi connectivity index (χ2v) is 3.85. The molecule has 0 saturated carbocycles. The molecule has 1 aromatic heterocycles. The van der Waals surface area contributed by atoms with Gasteiger partial charge in [0.2, 0.25) is 0 Å². The minimum Gasteiger partial charge on any atom is -0.265 e. The highest BCUT2D eigenvalue weighted by atomic mass is 19.4. The molecule has 1 heterocycles. The van der Waals surface area contributed by atoms with Crippen molar-refractivity contribution in [1.82, 2.24) is 9.78 Å². The van der Waals surface area contributed by atoms with Gasteiger partial charge in [0.25, 0.3) is 0 Å². The van der Waals surface area contributed by atoms with Crippen LogP contribution in [0.2, 0.25) is 0 Å². The summed E-state index contributed by atoms with van der Waals surface area (Å²) >= 11 is 0. The fourth-order valence-electron chi connectivity index (χ4n) is 1.92. The van der Waals surface area contributed by atoms with Crippen LogP contribution in [0.4, 0.5) is 13.2 Å². The van der Waals surface area contributed by atoms with Crippen LogP contribution in [-0.4, -0.2) is 9.78 Å². The average molecular weight is 242 g/mol. The molecule has 0 radical (unpaired) electrons. The number of aromatic nitrogens is 2. The van der Waals surface area contributed by atoms with Crippen molar-refractivity contribution in [3.8, 4) is 0 Å². The molecule has 0 aliphatic carbocycles. The second kappa shape index (κ2) is 4.05. The zero-order valence-electron chi connectivity index (χ0n) is 9.67. The molecule has 1 aromatic carbocycles. The molecule has 0 aliphatic rings. The lowest BCUT2D eigenvalue weighted by molar-refractivity contribution is -0.137. The van der Waals surface area contributed by atoms with Crippen LogP contribution in [0, 0.1) is 0 Å². The van der Waals surface area contributed by atoms with E-state index in [4.69, 9.17) is 0 Å². The van der Waals surface area contributed by atoms with E-state index in [1.54, 1.807) is 4.68 Å². The van der Waals surface area contributed by atoms with Crippen molar-refractivity contribution in [2.75, 3.05) is 0 Å². The Hall–Kier alpha value is -1.52. The summed E-state index contributed by atoms with van der Waals surface area (Å²) in [5.41, 5.74) is 0.862. The van der Waals surface area contributed by atoms with Crippen LogP contribution in [-0.2, 0) is 19.1 Å². The zero-order valence-corrected chi connectivity index (χ0v) is 9.67. The van der Waals surface area contributed by atoms with Crippen molar-refractivity contribution in [2.24, 2.45) is 0 Å². The minimum absolute atomic E-state index is 0.601. The normalized spacial score (nSPS) is 12.3. The average Bonchev–Trinajstić information content (AvgIpc) is 2.64. The summed E-state index contributed by atoms with van der Waals surface area (Å²) in [6.45, 7) is 4.47. The van der Waals surface area contributed by atoms with Gasteiger partial charge in [-0.1, -0.05) is 6.92 Å². The summed E-state index contributed by atoms with van der Waals surface area (Å²) in [4.78, 5) is 0. The number of rotatable bonds is 2. The van der Waals surface area contributed by atoms with Crippen molar-refractivity contribution in [2.45, 2.75) is 33.0 Å². The molecule has 0 unspecified atom stereocenters. The van der Waals surface area contributed by atoms with E-state index in [1.807, 2.05) is 13.8 Å². The van der Waals surface area contributed by atoms with Gasteiger partial charge >= 0.3 is 6.18 Å². The highest BCUT2D eigenvalue weighted by Gasteiger charge is 2.31. The fourth-order valence-corrected chi connectivity index (χ4v) is 1.92. The van der Waals surface area contributed by atoms with Crippen LogP contribution in [0.1, 0.15) is 25.1 Å². The van der Waals surface area contributed by atoms with Gasteiger partial charge in [-0.05, 0) is 31.5 Å². The maximum Gasteiger partial charge on any atom is 0.416 e. The Morgan fingerprint density at radius 3 is 2.47 bits per heavy atom. The molecule has 17 heavy (non-hydrogen) atoms. The number of nitrogens with zero attached hydrogens (tertiary/aromatic N) is 2. The Morgan fingerprint density at radius 2 is 1.94 bits per heavy atom. The van der Waals surface area contributed by atoms with Gasteiger partial charge in [-0.3, -0.25) is 4.68 Å². The molecule has 0 amide bonds. The molecule has 0 aliphatic heterocycles. The van der Waals surface area contributed by atoms with Crippen LogP contribution in [0.25, 0.3) is 10.9 Å².